The Kier molecular flexibility index (Phi) is 12.8. The van der Waals surface area contributed by atoms with Crippen molar-refractivity contribution in [3.8, 4) is 28.0 Å². The van der Waals surface area contributed by atoms with Gasteiger partial charge in [-0.15, -0.1) is 10.2 Å². The summed E-state index contributed by atoms with van der Waals surface area (Å²) in [6.07, 6.45) is 9.55. The zero-order valence-corrected chi connectivity index (χ0v) is 35.4. The van der Waals surface area contributed by atoms with E-state index in [2.05, 4.69) is 56.5 Å². The minimum absolute atomic E-state index is 0.0334. The number of nitrogens with zero attached hydrogens (tertiary/aromatic N) is 7. The highest BCUT2D eigenvalue weighted by Gasteiger charge is 2.45. The zero-order valence-electron chi connectivity index (χ0n) is 34.6. The van der Waals surface area contributed by atoms with Gasteiger partial charge in [-0.25, -0.2) is 4.52 Å². The van der Waals surface area contributed by atoms with E-state index in [1.807, 2.05) is 24.4 Å². The van der Waals surface area contributed by atoms with Crippen LogP contribution in [0, 0.1) is 11.3 Å². The average Bonchev–Trinajstić information content (AvgIpc) is 4.00. The molecule has 1 saturated carbocycles. The minimum atomic E-state index is -1.04. The van der Waals surface area contributed by atoms with E-state index in [0.717, 1.165) is 68.8 Å². The number of nitrogens with one attached hydrogen (secondary N) is 4. The van der Waals surface area contributed by atoms with E-state index in [0.29, 0.717) is 17.8 Å². The fraction of sp³-hybridized carbons (Fsp3) is 0.364. The molecule has 2 aliphatic heterocycles. The zero-order chi connectivity index (χ0) is 44.0. The Morgan fingerprint density at radius 3 is 2.62 bits per heavy atom. The number of anilines is 2. The number of fused-ring (bicyclic) bond motifs is 2. The second kappa shape index (κ2) is 18.9. The van der Waals surface area contributed by atoms with Gasteiger partial charge in [-0.3, -0.25) is 39.2 Å². The van der Waals surface area contributed by atoms with Crippen LogP contribution in [0.1, 0.15) is 89.6 Å². The molecule has 63 heavy (non-hydrogen) atoms. The van der Waals surface area contributed by atoms with Gasteiger partial charge in [-0.1, -0.05) is 17.4 Å². The summed E-state index contributed by atoms with van der Waals surface area (Å²) < 4.78 is 12.9. The number of carbonyl (C=O) groups excluding carboxylic acids is 5. The summed E-state index contributed by atoms with van der Waals surface area (Å²) in [4.78, 5) is 68.6. The summed E-state index contributed by atoms with van der Waals surface area (Å²) >= 11 is 1.57. The third kappa shape index (κ3) is 9.41. The number of benzene rings is 1. The molecule has 0 bridgehead atoms. The molecule has 8 rings (SSSR count). The number of ether oxygens (including phenoxy) is 2. The molecule has 0 radical (unpaired) electrons. The van der Waals surface area contributed by atoms with Crippen molar-refractivity contribution >= 4 is 57.8 Å². The number of rotatable bonds is 16. The standard InChI is InChI=1S/C44H45N11O7S/c1-25(2)49-33-21-34(35-11-10-29-20-26(22-45)23-48-55(29)35)47-24-31(33)42-53-52-41(63-42)27-6-8-28(9-7-27)50-38(57)14-16-61-18-19-62-17-15-46-32-5-3-4-30-39(32)44(60)54(43(30)59)36-12-13-37(56)51-40(36)58/h3-5,10-11,14,16,20-21,23-25,27-28,36,46H,6-9,12-13,15,17-19H2,1-2H3,(H,47,49)(H,50,57)(H,51,56,58)/t27-,28-,36?. The van der Waals surface area contributed by atoms with E-state index in [9.17, 15) is 29.2 Å². The van der Waals surface area contributed by atoms with Crippen molar-refractivity contribution in [2.45, 2.75) is 76.4 Å². The van der Waals surface area contributed by atoms with Crippen molar-refractivity contribution in [1.82, 2.24) is 40.3 Å². The molecule has 19 heteroatoms. The highest BCUT2D eigenvalue weighted by molar-refractivity contribution is 7.14. The van der Waals surface area contributed by atoms with Crippen LogP contribution >= 0.6 is 11.3 Å². The third-order valence-electron chi connectivity index (χ3n) is 11.0. The minimum Gasteiger partial charge on any atom is -0.499 e. The van der Waals surface area contributed by atoms with E-state index in [-0.39, 0.29) is 67.7 Å². The molecule has 4 aromatic heterocycles. The van der Waals surface area contributed by atoms with Gasteiger partial charge in [0.05, 0.1) is 64.8 Å². The summed E-state index contributed by atoms with van der Waals surface area (Å²) in [6.45, 7) is 5.23. The first-order chi connectivity index (χ1) is 30.6. The Balaban J connectivity index is 0.749. The first kappa shape index (κ1) is 42.6. The monoisotopic (exact) mass is 871 g/mol. The number of piperidine rings is 1. The maximum atomic E-state index is 13.3. The predicted octanol–water partition coefficient (Wildman–Crippen LogP) is 4.81. The van der Waals surface area contributed by atoms with E-state index in [1.54, 1.807) is 40.2 Å². The van der Waals surface area contributed by atoms with Gasteiger partial charge in [-0.05, 0) is 82.3 Å². The van der Waals surface area contributed by atoms with Crippen molar-refractivity contribution in [2.75, 3.05) is 37.0 Å². The second-order valence-corrected chi connectivity index (χ2v) is 16.7. The summed E-state index contributed by atoms with van der Waals surface area (Å²) in [7, 11) is 0. The highest BCUT2D eigenvalue weighted by atomic mass is 32.1. The van der Waals surface area contributed by atoms with E-state index in [1.165, 1.54) is 18.4 Å². The summed E-state index contributed by atoms with van der Waals surface area (Å²) in [5, 5.41) is 36.5. The molecule has 4 N–H and O–H groups in total. The molecule has 0 spiro atoms. The van der Waals surface area contributed by atoms with Crippen LogP contribution in [0.2, 0.25) is 0 Å². The normalized spacial score (nSPS) is 18.8. The van der Waals surface area contributed by atoms with Gasteiger partial charge >= 0.3 is 0 Å². The number of hydrogen-bond donors (Lipinski definition) is 4. The maximum absolute atomic E-state index is 13.3. The SMILES string of the molecule is CC(C)Nc1cc(-c2ccc3cc(C#N)cnn23)ncc1-c1nnc([C@H]2CC[C@H](NC(=O)C=COCCOCCNc3cccc4c3C(=O)N(C3CCC(=O)NC3=O)C4=O)CC2)s1. The first-order valence-electron chi connectivity index (χ1n) is 20.8. The number of carbonyl (C=O) groups is 5. The lowest BCUT2D eigenvalue weighted by Gasteiger charge is -2.27. The van der Waals surface area contributed by atoms with Gasteiger partial charge in [0.1, 0.15) is 23.7 Å². The lowest BCUT2D eigenvalue weighted by molar-refractivity contribution is -0.136. The quantitative estimate of drug-likeness (QED) is 0.0451. The lowest BCUT2D eigenvalue weighted by Crippen LogP contribution is -2.54. The highest BCUT2D eigenvalue weighted by Crippen LogP contribution is 2.39. The Labute approximate surface area is 366 Å². The smallest absolute Gasteiger partial charge is 0.264 e. The van der Waals surface area contributed by atoms with Crippen molar-refractivity contribution in [3.05, 3.63) is 88.9 Å². The Morgan fingerprint density at radius 2 is 1.83 bits per heavy atom. The van der Waals surface area contributed by atoms with E-state index in [4.69, 9.17) is 14.5 Å². The number of imide groups is 2. The predicted molar refractivity (Wildman–Crippen MR) is 231 cm³/mol. The van der Waals surface area contributed by atoms with Gasteiger partial charge in [0.25, 0.3) is 11.8 Å². The van der Waals surface area contributed by atoms with Crippen LogP contribution in [-0.4, -0.2) is 104 Å². The van der Waals surface area contributed by atoms with Gasteiger partial charge < -0.3 is 25.4 Å². The van der Waals surface area contributed by atoms with Gasteiger partial charge in [0, 0.05) is 54.6 Å². The number of pyridine rings is 1. The van der Waals surface area contributed by atoms with Crippen LogP contribution in [0.25, 0.3) is 27.5 Å². The number of nitriles is 1. The average molecular weight is 872 g/mol. The molecule has 1 atom stereocenters. The van der Waals surface area contributed by atoms with Gasteiger partial charge in [0.2, 0.25) is 17.7 Å². The fourth-order valence-corrected chi connectivity index (χ4v) is 9.04. The summed E-state index contributed by atoms with van der Waals surface area (Å²) in [6, 6.07) is 13.8. The maximum Gasteiger partial charge on any atom is 0.264 e. The number of hydrogen-bond acceptors (Lipinski definition) is 15. The van der Waals surface area contributed by atoms with Crippen LogP contribution in [-0.2, 0) is 23.9 Å². The molecule has 18 nitrogen and oxygen atoms in total. The molecule has 1 unspecified atom stereocenters. The van der Waals surface area contributed by atoms with Crippen molar-refractivity contribution in [1.29, 1.82) is 5.26 Å². The molecule has 1 aromatic carbocycles. The van der Waals surface area contributed by atoms with E-state index >= 15 is 0 Å². The lowest BCUT2D eigenvalue weighted by atomic mass is 9.86. The Bertz CT molecular complexity index is 2640. The van der Waals surface area contributed by atoms with Gasteiger partial charge in [-0.2, -0.15) is 10.4 Å². The van der Waals surface area contributed by atoms with Crippen LogP contribution < -0.4 is 21.3 Å². The van der Waals surface area contributed by atoms with Crippen molar-refractivity contribution < 1.29 is 33.4 Å². The second-order valence-electron chi connectivity index (χ2n) is 15.7. The number of aromatic nitrogens is 5. The molecule has 6 heterocycles. The first-order valence-corrected chi connectivity index (χ1v) is 21.6. The van der Waals surface area contributed by atoms with Crippen LogP contribution in [0.3, 0.4) is 0 Å². The molecule has 2 fully saturated rings. The van der Waals surface area contributed by atoms with Gasteiger partial charge in [0.15, 0.2) is 5.01 Å². The number of amides is 5. The summed E-state index contributed by atoms with van der Waals surface area (Å²) in [5.74, 6) is -2.24. The molecule has 1 saturated heterocycles. The molecule has 5 amide bonds. The van der Waals surface area contributed by atoms with Crippen molar-refractivity contribution in [2.24, 2.45) is 0 Å². The molecule has 324 valence electrons. The van der Waals surface area contributed by atoms with E-state index < -0.39 is 29.7 Å². The molecule has 3 aliphatic rings. The van der Waals surface area contributed by atoms with Crippen LogP contribution in [0.5, 0.6) is 0 Å². The fourth-order valence-electron chi connectivity index (χ4n) is 8.00. The molecule has 5 aromatic rings. The Morgan fingerprint density at radius 1 is 0.984 bits per heavy atom. The topological polar surface area (TPSA) is 235 Å². The van der Waals surface area contributed by atoms with Crippen LogP contribution in [0.4, 0.5) is 11.4 Å². The molecular formula is C44H45N11O7S. The Hall–Kier alpha value is -7.04. The molecular weight excluding hydrogens is 827 g/mol. The van der Waals surface area contributed by atoms with Crippen molar-refractivity contribution in [3.63, 3.8) is 0 Å². The summed E-state index contributed by atoms with van der Waals surface area (Å²) in [5.41, 5.74) is 5.42. The third-order valence-corrected chi connectivity index (χ3v) is 12.1. The molecule has 1 aliphatic carbocycles. The van der Waals surface area contributed by atoms with Crippen LogP contribution in [0.15, 0.2) is 67.2 Å². The largest absolute Gasteiger partial charge is 0.499 e.